The number of H-pyrrole nitrogens is 1. The van der Waals surface area contributed by atoms with Crippen LogP contribution in [0.5, 0.6) is 11.5 Å². The summed E-state index contributed by atoms with van der Waals surface area (Å²) in [6.45, 7) is 2.23. The molecule has 0 aliphatic heterocycles. The van der Waals surface area contributed by atoms with Crippen molar-refractivity contribution < 1.29 is 19.4 Å². The normalized spacial score (nSPS) is 11.1. The van der Waals surface area contributed by atoms with E-state index in [9.17, 15) is 14.7 Å². The number of methoxy groups -OCH3 is 1. The molecule has 144 valence electrons. The molecule has 0 bridgehead atoms. The molecule has 1 heterocycles. The second kappa shape index (κ2) is 8.26. The van der Waals surface area contributed by atoms with E-state index in [1.54, 1.807) is 24.3 Å². The van der Waals surface area contributed by atoms with Crippen molar-refractivity contribution >= 4 is 45.0 Å². The molecule has 0 saturated heterocycles. The maximum absolute atomic E-state index is 12.3. The Kier molecular flexibility index (Phi) is 5.79. The minimum atomic E-state index is -0.501. The van der Waals surface area contributed by atoms with Crippen molar-refractivity contribution in [2.75, 3.05) is 13.7 Å². The molecule has 0 aliphatic carbocycles. The number of carbonyl (C=O) groups is 1. The second-order valence-corrected chi connectivity index (χ2v) is 6.64. The van der Waals surface area contributed by atoms with Gasteiger partial charge in [0.05, 0.1) is 34.7 Å². The average Bonchev–Trinajstić information content (AvgIpc) is 2.69. The SMILES string of the molecule is CCOc1cc(/C=C/c2nc3cc(C(=O)OC)ccc3c(=O)[nH]2)cc(Br)c1O. The van der Waals surface area contributed by atoms with Crippen molar-refractivity contribution in [1.29, 1.82) is 0 Å². The number of benzene rings is 2. The molecule has 0 radical (unpaired) electrons. The number of halogens is 1. The maximum Gasteiger partial charge on any atom is 0.337 e. The van der Waals surface area contributed by atoms with Crippen LogP contribution in [0, 0.1) is 0 Å². The summed E-state index contributed by atoms with van der Waals surface area (Å²) in [6.07, 6.45) is 3.35. The Morgan fingerprint density at radius 2 is 2.07 bits per heavy atom. The summed E-state index contributed by atoms with van der Waals surface area (Å²) in [7, 11) is 1.29. The van der Waals surface area contributed by atoms with Crippen molar-refractivity contribution in [1.82, 2.24) is 9.97 Å². The van der Waals surface area contributed by atoms with E-state index in [1.807, 2.05) is 6.92 Å². The van der Waals surface area contributed by atoms with E-state index in [0.29, 0.717) is 39.1 Å². The van der Waals surface area contributed by atoms with E-state index >= 15 is 0 Å². The summed E-state index contributed by atoms with van der Waals surface area (Å²) >= 11 is 3.28. The highest BCUT2D eigenvalue weighted by atomic mass is 79.9. The van der Waals surface area contributed by atoms with Gasteiger partial charge in [-0.25, -0.2) is 9.78 Å². The lowest BCUT2D eigenvalue weighted by atomic mass is 10.1. The minimum absolute atomic E-state index is 0.0200. The van der Waals surface area contributed by atoms with Crippen LogP contribution in [-0.4, -0.2) is 34.8 Å². The Morgan fingerprint density at radius 1 is 1.29 bits per heavy atom. The van der Waals surface area contributed by atoms with Crippen LogP contribution in [-0.2, 0) is 4.74 Å². The number of phenolic OH excluding ortho intramolecular Hbond substituents is 1. The maximum atomic E-state index is 12.3. The summed E-state index contributed by atoms with van der Waals surface area (Å²) in [5.41, 5.74) is 1.11. The largest absolute Gasteiger partial charge is 0.503 e. The number of aromatic nitrogens is 2. The lowest BCUT2D eigenvalue weighted by molar-refractivity contribution is 0.0601. The van der Waals surface area contributed by atoms with Crippen LogP contribution in [0.2, 0.25) is 0 Å². The second-order valence-electron chi connectivity index (χ2n) is 5.79. The first kappa shape index (κ1) is 19.6. The molecule has 0 aliphatic rings. The zero-order valence-electron chi connectivity index (χ0n) is 15.2. The summed E-state index contributed by atoms with van der Waals surface area (Å²) in [5.74, 6) is 0.186. The molecule has 2 N–H and O–H groups in total. The summed E-state index contributed by atoms with van der Waals surface area (Å²) in [6, 6.07) is 7.95. The summed E-state index contributed by atoms with van der Waals surface area (Å²) in [4.78, 5) is 31.1. The Morgan fingerprint density at radius 3 is 2.79 bits per heavy atom. The fourth-order valence-corrected chi connectivity index (χ4v) is 3.07. The lowest BCUT2D eigenvalue weighted by Gasteiger charge is -2.08. The zero-order chi connectivity index (χ0) is 20.3. The monoisotopic (exact) mass is 444 g/mol. The number of esters is 1. The molecule has 0 amide bonds. The van der Waals surface area contributed by atoms with Gasteiger partial charge in [0.2, 0.25) is 0 Å². The number of hydrogen-bond acceptors (Lipinski definition) is 6. The molecule has 7 nitrogen and oxygen atoms in total. The Balaban J connectivity index is 2.00. The first-order chi connectivity index (χ1) is 13.4. The number of nitrogens with zero attached hydrogens (tertiary/aromatic N) is 1. The predicted molar refractivity (Wildman–Crippen MR) is 110 cm³/mol. The number of carbonyl (C=O) groups excluding carboxylic acids is 1. The molecule has 0 fully saturated rings. The summed E-state index contributed by atoms with van der Waals surface area (Å²) < 4.78 is 10.6. The topological polar surface area (TPSA) is 102 Å². The van der Waals surface area contributed by atoms with Gasteiger partial charge in [0, 0.05) is 0 Å². The first-order valence-corrected chi connectivity index (χ1v) is 9.18. The number of fused-ring (bicyclic) bond motifs is 1. The molecular formula is C20H17BrN2O5. The number of phenols is 1. The van der Waals surface area contributed by atoms with E-state index in [-0.39, 0.29) is 11.3 Å². The number of rotatable bonds is 5. The fourth-order valence-electron chi connectivity index (χ4n) is 2.61. The van der Waals surface area contributed by atoms with Gasteiger partial charge in [-0.05, 0) is 64.8 Å². The van der Waals surface area contributed by atoms with Crippen molar-refractivity contribution in [3.8, 4) is 11.5 Å². The molecule has 0 saturated carbocycles. The molecule has 28 heavy (non-hydrogen) atoms. The third kappa shape index (κ3) is 4.07. The Labute approximate surface area is 168 Å². The minimum Gasteiger partial charge on any atom is -0.503 e. The highest BCUT2D eigenvalue weighted by Gasteiger charge is 2.10. The average molecular weight is 445 g/mol. The number of aromatic hydroxyl groups is 1. The Bertz CT molecular complexity index is 1140. The van der Waals surface area contributed by atoms with Crippen molar-refractivity contribution in [2.24, 2.45) is 0 Å². The van der Waals surface area contributed by atoms with E-state index in [1.165, 1.54) is 25.3 Å². The summed E-state index contributed by atoms with van der Waals surface area (Å²) in [5, 5.41) is 10.4. The van der Waals surface area contributed by atoms with Crippen LogP contribution in [0.25, 0.3) is 23.1 Å². The zero-order valence-corrected chi connectivity index (χ0v) is 16.7. The number of nitrogens with one attached hydrogen (secondary N) is 1. The van der Waals surface area contributed by atoms with Gasteiger partial charge < -0.3 is 19.6 Å². The molecule has 0 unspecified atom stereocenters. The number of ether oxygens (including phenoxy) is 2. The molecule has 0 atom stereocenters. The molecule has 1 aromatic heterocycles. The third-order valence-corrected chi connectivity index (χ3v) is 4.53. The standard InChI is InChI=1S/C20H17BrN2O5/c1-3-28-16-9-11(8-14(21)18(16)24)4-7-17-22-15-10-12(20(26)27-2)5-6-13(15)19(25)23-17/h4-10,24H,3H2,1-2H3,(H,22,23,25)/b7-4+. The molecule has 3 aromatic rings. The molecule has 2 aromatic carbocycles. The highest BCUT2D eigenvalue weighted by Crippen LogP contribution is 2.35. The van der Waals surface area contributed by atoms with Gasteiger partial charge in [-0.15, -0.1) is 0 Å². The van der Waals surface area contributed by atoms with Crippen molar-refractivity contribution in [3.05, 3.63) is 62.1 Å². The van der Waals surface area contributed by atoms with E-state index < -0.39 is 5.97 Å². The van der Waals surface area contributed by atoms with Crippen LogP contribution >= 0.6 is 15.9 Å². The molecule has 0 spiro atoms. The smallest absolute Gasteiger partial charge is 0.337 e. The Hall–Kier alpha value is -3.13. The first-order valence-electron chi connectivity index (χ1n) is 8.38. The lowest BCUT2D eigenvalue weighted by Crippen LogP contribution is -2.11. The third-order valence-electron chi connectivity index (χ3n) is 3.93. The number of hydrogen-bond donors (Lipinski definition) is 2. The van der Waals surface area contributed by atoms with Gasteiger partial charge in [-0.3, -0.25) is 4.79 Å². The van der Waals surface area contributed by atoms with Gasteiger partial charge in [0.1, 0.15) is 5.82 Å². The van der Waals surface area contributed by atoms with E-state index in [4.69, 9.17) is 9.47 Å². The molecule has 3 rings (SSSR count). The van der Waals surface area contributed by atoms with Gasteiger partial charge >= 0.3 is 5.97 Å². The van der Waals surface area contributed by atoms with Crippen LogP contribution in [0.15, 0.2) is 39.6 Å². The van der Waals surface area contributed by atoms with Gasteiger partial charge in [-0.2, -0.15) is 0 Å². The van der Waals surface area contributed by atoms with Crippen LogP contribution in [0.1, 0.15) is 28.7 Å². The highest BCUT2D eigenvalue weighted by molar-refractivity contribution is 9.10. The number of aromatic amines is 1. The van der Waals surface area contributed by atoms with E-state index in [2.05, 4.69) is 25.9 Å². The fraction of sp³-hybridized carbons (Fsp3) is 0.150. The van der Waals surface area contributed by atoms with Crippen LogP contribution < -0.4 is 10.3 Å². The van der Waals surface area contributed by atoms with Crippen molar-refractivity contribution in [3.63, 3.8) is 0 Å². The predicted octanol–water partition coefficient (Wildman–Crippen LogP) is 3.75. The van der Waals surface area contributed by atoms with Gasteiger partial charge in [0.15, 0.2) is 11.5 Å². The molecular weight excluding hydrogens is 428 g/mol. The molecule has 8 heteroatoms. The van der Waals surface area contributed by atoms with Gasteiger partial charge in [-0.1, -0.05) is 6.08 Å². The van der Waals surface area contributed by atoms with Gasteiger partial charge in [0.25, 0.3) is 5.56 Å². The van der Waals surface area contributed by atoms with Crippen LogP contribution in [0.3, 0.4) is 0 Å². The van der Waals surface area contributed by atoms with E-state index in [0.717, 1.165) is 5.56 Å². The van der Waals surface area contributed by atoms with Crippen LogP contribution in [0.4, 0.5) is 0 Å². The quantitative estimate of drug-likeness (QED) is 0.581. The van der Waals surface area contributed by atoms with Crippen molar-refractivity contribution in [2.45, 2.75) is 6.92 Å².